The van der Waals surface area contributed by atoms with Gasteiger partial charge in [-0.05, 0) is 31.1 Å². The smallest absolute Gasteiger partial charge is 0.419 e. The van der Waals surface area contributed by atoms with E-state index in [1.165, 1.54) is 11.4 Å². The van der Waals surface area contributed by atoms with Crippen LogP contribution in [0.1, 0.15) is 39.5 Å². The molecule has 34 heavy (non-hydrogen) atoms. The number of unbranched alkanes of at least 4 members (excludes halogenated alkanes) is 2. The van der Waals surface area contributed by atoms with Gasteiger partial charge in [0.15, 0.2) is 5.13 Å². The Bertz CT molecular complexity index is 1110. The number of thiazole rings is 1. The molecule has 2 aromatic rings. The van der Waals surface area contributed by atoms with Crippen molar-refractivity contribution in [3.05, 3.63) is 58.3 Å². The number of nitrogens with zero attached hydrogens (tertiary/aromatic N) is 2. The summed E-state index contributed by atoms with van der Waals surface area (Å²) in [5, 5.41) is 1.38. The first kappa shape index (κ1) is 25.7. The van der Waals surface area contributed by atoms with Crippen LogP contribution in [0, 0.1) is 17.6 Å². The van der Waals surface area contributed by atoms with E-state index in [0.717, 1.165) is 41.2 Å². The van der Waals surface area contributed by atoms with Crippen molar-refractivity contribution < 1.29 is 31.5 Å². The second-order valence-corrected chi connectivity index (χ2v) is 8.72. The fourth-order valence-corrected chi connectivity index (χ4v) is 4.51. The molecule has 5 nitrogen and oxygen atoms in total. The molecule has 184 valence electrons. The predicted octanol–water partition coefficient (Wildman–Crippen LogP) is 6.92. The van der Waals surface area contributed by atoms with Crippen molar-refractivity contribution in [2.75, 3.05) is 11.5 Å². The monoisotopic (exact) mass is 501 g/mol. The van der Waals surface area contributed by atoms with E-state index in [9.17, 15) is 26.7 Å². The Hall–Kier alpha value is -2.95. The number of hydrogen-bond acceptors (Lipinski definition) is 4. The van der Waals surface area contributed by atoms with Crippen molar-refractivity contribution in [2.24, 2.45) is 11.7 Å². The van der Waals surface area contributed by atoms with E-state index < -0.39 is 35.3 Å². The van der Waals surface area contributed by atoms with E-state index in [4.69, 9.17) is 10.5 Å². The third kappa shape index (κ3) is 5.75. The second-order valence-electron chi connectivity index (χ2n) is 7.89. The average Bonchev–Trinajstić information content (AvgIpc) is 3.20. The van der Waals surface area contributed by atoms with Gasteiger partial charge in [0, 0.05) is 28.6 Å². The lowest BCUT2D eigenvalue weighted by Gasteiger charge is -2.30. The number of carbonyl (C=O) groups excluding carboxylic acids is 1. The van der Waals surface area contributed by atoms with Gasteiger partial charge in [-0.3, -0.25) is 0 Å². The molecule has 0 bridgehead atoms. The van der Waals surface area contributed by atoms with Gasteiger partial charge in [0.1, 0.15) is 17.4 Å². The van der Waals surface area contributed by atoms with Gasteiger partial charge in [-0.25, -0.2) is 23.5 Å². The highest BCUT2D eigenvalue weighted by molar-refractivity contribution is 7.14. The van der Waals surface area contributed by atoms with Crippen LogP contribution in [0.25, 0.3) is 11.3 Å². The Morgan fingerprint density at radius 1 is 1.29 bits per heavy atom. The summed E-state index contributed by atoms with van der Waals surface area (Å²) in [4.78, 5) is 17.3. The number of rotatable bonds is 8. The van der Waals surface area contributed by atoms with Gasteiger partial charge >= 0.3 is 12.2 Å². The molecule has 0 aliphatic heterocycles. The number of carbonyl (C=O) groups is 1. The SMILES string of the molecule is CCCCCOC1=C(C(F)(F)F)C=C(N(C(N)=O)c2nc(-c3ccc(F)cc3F)cs2)CC1C. The van der Waals surface area contributed by atoms with Crippen LogP contribution >= 0.6 is 11.3 Å². The van der Waals surface area contributed by atoms with Crippen molar-refractivity contribution in [1.29, 1.82) is 0 Å². The van der Waals surface area contributed by atoms with Gasteiger partial charge in [0.05, 0.1) is 17.9 Å². The molecule has 11 heteroatoms. The molecule has 1 aliphatic carbocycles. The molecule has 2 amide bonds. The van der Waals surface area contributed by atoms with Crippen LogP contribution in [-0.2, 0) is 4.74 Å². The summed E-state index contributed by atoms with van der Waals surface area (Å²) >= 11 is 0.902. The number of allylic oxidation sites excluding steroid dienone is 4. The fraction of sp³-hybridized carbons (Fsp3) is 0.391. The van der Waals surface area contributed by atoms with E-state index in [2.05, 4.69) is 4.98 Å². The predicted molar refractivity (Wildman–Crippen MR) is 120 cm³/mol. The normalized spacial score (nSPS) is 16.4. The summed E-state index contributed by atoms with van der Waals surface area (Å²) in [6.07, 6.45) is -1.46. The number of nitrogens with two attached hydrogens (primary N) is 1. The number of primary amides is 1. The Morgan fingerprint density at radius 2 is 2.03 bits per heavy atom. The molecule has 3 rings (SSSR count). The standard InChI is InChI=1S/C23H24F5N3O2S/c1-3-4-5-8-33-20-13(2)9-15(11-17(20)23(26,27)28)31(21(29)32)22-30-19(12-34-22)16-7-6-14(24)10-18(16)25/h6-7,10-13H,3-5,8-9H2,1-2H3,(H2,29,32). The zero-order chi connectivity index (χ0) is 25.0. The third-order valence-electron chi connectivity index (χ3n) is 5.25. The van der Waals surface area contributed by atoms with E-state index >= 15 is 0 Å². The Morgan fingerprint density at radius 3 is 2.65 bits per heavy atom. The molecular formula is C23H24F5N3O2S. The number of halogens is 5. The molecule has 1 atom stereocenters. The number of ether oxygens (including phenoxy) is 1. The molecule has 1 heterocycles. The minimum Gasteiger partial charge on any atom is -0.497 e. The maximum Gasteiger partial charge on any atom is 0.419 e. The summed E-state index contributed by atoms with van der Waals surface area (Å²) in [5.74, 6) is -2.48. The van der Waals surface area contributed by atoms with Crippen molar-refractivity contribution in [1.82, 2.24) is 4.98 Å². The summed E-state index contributed by atoms with van der Waals surface area (Å²) in [6, 6.07) is 1.89. The third-order valence-corrected chi connectivity index (χ3v) is 6.07. The highest BCUT2D eigenvalue weighted by atomic mass is 32.1. The minimum absolute atomic E-state index is 0.00582. The van der Waals surface area contributed by atoms with Crippen LogP contribution in [0.5, 0.6) is 0 Å². The Kier molecular flexibility index (Phi) is 7.96. The van der Waals surface area contributed by atoms with Crippen molar-refractivity contribution >= 4 is 22.5 Å². The molecule has 1 aromatic heterocycles. The number of anilines is 1. The second kappa shape index (κ2) is 10.5. The first-order chi connectivity index (χ1) is 16.0. The molecule has 0 saturated carbocycles. The van der Waals surface area contributed by atoms with E-state index in [1.54, 1.807) is 6.92 Å². The average molecular weight is 502 g/mol. The van der Waals surface area contributed by atoms with Gasteiger partial charge in [-0.1, -0.05) is 26.7 Å². The van der Waals surface area contributed by atoms with Gasteiger partial charge < -0.3 is 10.5 Å². The van der Waals surface area contributed by atoms with Crippen molar-refractivity contribution in [3.8, 4) is 11.3 Å². The fourth-order valence-electron chi connectivity index (χ4n) is 3.65. The van der Waals surface area contributed by atoms with Crippen molar-refractivity contribution in [2.45, 2.75) is 45.7 Å². The van der Waals surface area contributed by atoms with Gasteiger partial charge in [0.25, 0.3) is 0 Å². The number of benzene rings is 1. The van der Waals surface area contributed by atoms with Crippen molar-refractivity contribution in [3.63, 3.8) is 0 Å². The van der Waals surface area contributed by atoms with Crippen LogP contribution in [0.3, 0.4) is 0 Å². The maximum absolute atomic E-state index is 14.1. The molecule has 1 unspecified atom stereocenters. The van der Waals surface area contributed by atoms with Crippen LogP contribution in [0.2, 0.25) is 0 Å². The maximum atomic E-state index is 14.1. The van der Waals surface area contributed by atoms with E-state index in [-0.39, 0.29) is 40.9 Å². The first-order valence-corrected chi connectivity index (χ1v) is 11.6. The highest BCUT2D eigenvalue weighted by Gasteiger charge is 2.41. The number of amides is 2. The van der Waals surface area contributed by atoms with Gasteiger partial charge in [0.2, 0.25) is 0 Å². The van der Waals surface area contributed by atoms with Crippen LogP contribution in [-0.4, -0.2) is 23.8 Å². The largest absolute Gasteiger partial charge is 0.497 e. The zero-order valence-corrected chi connectivity index (χ0v) is 19.4. The van der Waals surface area contributed by atoms with Gasteiger partial charge in [-0.2, -0.15) is 13.2 Å². The zero-order valence-electron chi connectivity index (χ0n) is 18.6. The lowest BCUT2D eigenvalue weighted by Crippen LogP contribution is -2.37. The first-order valence-electron chi connectivity index (χ1n) is 10.7. The molecule has 0 fully saturated rings. The summed E-state index contributed by atoms with van der Waals surface area (Å²) < 4.78 is 74.5. The lowest BCUT2D eigenvalue weighted by atomic mass is 9.92. The van der Waals surface area contributed by atoms with Crippen LogP contribution < -0.4 is 10.6 Å². The van der Waals surface area contributed by atoms with Crippen LogP contribution in [0.15, 0.2) is 46.7 Å². The quantitative estimate of drug-likeness (QED) is 0.315. The lowest BCUT2D eigenvalue weighted by molar-refractivity contribution is -0.0933. The minimum atomic E-state index is -4.71. The summed E-state index contributed by atoms with van der Waals surface area (Å²) in [5.41, 5.74) is 4.60. The number of alkyl halides is 3. The Labute approximate surface area is 197 Å². The summed E-state index contributed by atoms with van der Waals surface area (Å²) in [6.45, 7) is 3.72. The molecule has 0 saturated heterocycles. The topological polar surface area (TPSA) is 68.5 Å². The molecule has 1 aromatic carbocycles. The van der Waals surface area contributed by atoms with E-state index in [1.807, 2.05) is 6.92 Å². The molecule has 2 N–H and O–H groups in total. The number of urea groups is 1. The van der Waals surface area contributed by atoms with Gasteiger partial charge in [-0.15, -0.1) is 11.3 Å². The molecule has 0 spiro atoms. The molecular weight excluding hydrogens is 477 g/mol. The molecule has 0 radical (unpaired) electrons. The van der Waals surface area contributed by atoms with Crippen LogP contribution in [0.4, 0.5) is 31.9 Å². The number of aromatic nitrogens is 1. The molecule has 1 aliphatic rings. The summed E-state index contributed by atoms with van der Waals surface area (Å²) in [7, 11) is 0. The van der Waals surface area contributed by atoms with E-state index in [0.29, 0.717) is 12.5 Å². The Balaban J connectivity index is 1.98. The number of hydrogen-bond donors (Lipinski definition) is 1. The highest BCUT2D eigenvalue weighted by Crippen LogP contribution is 2.41.